The number of aliphatic hydroxyl groups is 2. The van der Waals surface area contributed by atoms with Gasteiger partial charge in [-0.25, -0.2) is 26.4 Å². The van der Waals surface area contributed by atoms with E-state index in [1.807, 2.05) is 27.7 Å². The van der Waals surface area contributed by atoms with Crippen molar-refractivity contribution in [1.82, 2.24) is 24.6 Å². The summed E-state index contributed by atoms with van der Waals surface area (Å²) in [4.78, 5) is 37.7. The molecular weight excluding hydrogens is 1180 g/mol. The third-order valence-corrected chi connectivity index (χ3v) is 19.0. The number of alkyl carbamates (subject to hydrolysis) is 2. The first-order valence-electron chi connectivity index (χ1n) is 28.9. The van der Waals surface area contributed by atoms with Crippen molar-refractivity contribution < 1.29 is 98.6 Å². The highest BCUT2D eigenvalue weighted by atomic mass is 32.2. The number of hydrogen-bond donors (Lipinski definition) is 6. The molecule has 0 saturated carbocycles. The van der Waals surface area contributed by atoms with Gasteiger partial charge >= 0.3 is 12.2 Å². The molecule has 6 aliphatic rings. The minimum atomic E-state index is -4.08. The fraction of sp³-hybridized carbons (Fsp3) is 0.542. The summed E-state index contributed by atoms with van der Waals surface area (Å²) in [5, 5.41) is 40.7. The van der Waals surface area contributed by atoms with E-state index < -0.39 is 81.3 Å². The predicted octanol–water partition coefficient (Wildman–Crippen LogP) is 3.87. The van der Waals surface area contributed by atoms with Gasteiger partial charge in [0.05, 0.1) is 72.3 Å². The summed E-state index contributed by atoms with van der Waals surface area (Å²) in [7, 11) is -6.62. The van der Waals surface area contributed by atoms with E-state index >= 15 is 0 Å². The number of phenolic OH excluding ortho intramolecular Hbond substituents is 1. The topological polar surface area (TPSA) is 324 Å². The lowest BCUT2D eigenvalue weighted by Crippen LogP contribution is -2.51. The van der Waals surface area contributed by atoms with Crippen LogP contribution in [-0.2, 0) is 66.1 Å². The fourth-order valence-electron chi connectivity index (χ4n) is 10.8. The number of nitrogens with zero attached hydrogens (tertiary/aromatic N) is 2. The molecule has 6 aliphatic heterocycles. The van der Waals surface area contributed by atoms with E-state index in [0.717, 1.165) is 11.1 Å². The van der Waals surface area contributed by atoms with E-state index in [1.165, 1.54) is 64.2 Å². The Bertz CT molecular complexity index is 3210. The summed E-state index contributed by atoms with van der Waals surface area (Å²) in [6.07, 6.45) is -4.23. The molecule has 0 unspecified atom stereocenters. The highest BCUT2D eigenvalue weighted by Crippen LogP contribution is 2.38. The van der Waals surface area contributed by atoms with E-state index in [4.69, 9.17) is 52.1 Å². The van der Waals surface area contributed by atoms with Crippen LogP contribution in [0.3, 0.4) is 0 Å². The zero-order valence-electron chi connectivity index (χ0n) is 49.0. The third kappa shape index (κ3) is 16.7. The Morgan fingerprint density at radius 2 is 1.01 bits per heavy atom. The van der Waals surface area contributed by atoms with Gasteiger partial charge in [0.15, 0.2) is 42.2 Å². The predicted molar refractivity (Wildman–Crippen MR) is 308 cm³/mol. The van der Waals surface area contributed by atoms with Crippen LogP contribution in [0.1, 0.15) is 51.7 Å². The number of aliphatic hydroxyl groups excluding tert-OH is 2. The van der Waals surface area contributed by atoms with Gasteiger partial charge in [0.25, 0.3) is 5.91 Å². The number of carbonyl (C=O) groups is 3. The van der Waals surface area contributed by atoms with Gasteiger partial charge in [-0.15, -0.1) is 0 Å². The molecular formula is C59H77N5O21S2. The molecule has 0 aromatic heterocycles. The number of aromatic hydroxyl groups is 1. The molecule has 4 aromatic carbocycles. The van der Waals surface area contributed by atoms with E-state index in [0.29, 0.717) is 54.8 Å². The zero-order valence-corrected chi connectivity index (χ0v) is 50.7. The summed E-state index contributed by atoms with van der Waals surface area (Å²) in [6.45, 7) is 8.47. The van der Waals surface area contributed by atoms with Crippen molar-refractivity contribution >= 4 is 38.1 Å². The van der Waals surface area contributed by atoms with Gasteiger partial charge in [-0.1, -0.05) is 52.0 Å². The molecule has 6 heterocycles. The maximum Gasteiger partial charge on any atom is 0.407 e. The number of nitrogens with one attached hydrogen (secondary N) is 3. The van der Waals surface area contributed by atoms with Crippen molar-refractivity contribution in [2.45, 2.75) is 112 Å². The molecule has 476 valence electrons. The first kappa shape index (κ1) is 64.7. The van der Waals surface area contributed by atoms with Gasteiger partial charge in [-0.3, -0.25) is 4.79 Å². The Morgan fingerprint density at radius 1 is 0.586 bits per heavy atom. The fourth-order valence-corrected chi connectivity index (χ4v) is 14.1. The molecule has 4 fully saturated rings. The van der Waals surface area contributed by atoms with Crippen LogP contribution in [0.25, 0.3) is 0 Å². The molecule has 26 nitrogen and oxygen atoms in total. The molecule has 0 aliphatic carbocycles. The normalized spacial score (nSPS) is 22.2. The van der Waals surface area contributed by atoms with Gasteiger partial charge in [0, 0.05) is 45.4 Å². The largest absolute Gasteiger partial charge is 0.508 e. The molecule has 0 radical (unpaired) electrons. The standard InChI is InChI=1S/C31H41N3O11S.C28H36N2O10S/c1-19(2)14-34(46(38,39)22-8-9-26-27(13-22)44-18-43-26)15-25(35)24(12-20-4-6-21(7-5-20)41-17-29(36)32-3)33-31(37)45-28-16-42-30-23(28)10-11-40-30;1-17(2)13-30(41(34,35)20-7-8-24-25(12-20)39-16-38-24)14-23(32)22(11-18-3-5-19(31)6-4-18)29-28(33)40-26-15-37-27-21(26)9-10-36-27/h4-9,13,19,23-25,28,30,35H,10-12,14-18H2,1-3H3,(H,32,36)(H,33,37);3-8,12,17,21-23,26-27,31-32H,9-11,13-16H2,1-2H3,(H,29,33)/t23-,24-,25+,28-,30+;21-,22-,23+,26-,27+/m00/s1. The van der Waals surface area contributed by atoms with Crippen molar-refractivity contribution in [2.75, 3.05) is 79.8 Å². The van der Waals surface area contributed by atoms with E-state index in [-0.39, 0.29) is 118 Å². The minimum Gasteiger partial charge on any atom is -0.508 e. The molecule has 0 bridgehead atoms. The SMILES string of the molecule is CC(C)CN(C[C@@H](O)[C@H](Cc1ccc(O)cc1)NC(=O)O[C@H]1CO[C@H]2OCC[C@H]21)S(=O)(=O)c1ccc2c(c1)OCO2.CNC(=O)COc1ccc(C[C@H](NC(=O)O[C@H]2CO[C@H]3OCC[C@H]32)[C@H](O)CN(CC(C)C)S(=O)(=O)c2ccc3c(c2)OCO3)cc1. The van der Waals surface area contributed by atoms with Gasteiger partial charge < -0.3 is 83.4 Å². The van der Waals surface area contributed by atoms with Crippen LogP contribution in [-0.4, -0.2) is 188 Å². The summed E-state index contributed by atoms with van der Waals surface area (Å²) >= 11 is 0. The highest BCUT2D eigenvalue weighted by molar-refractivity contribution is 7.89. The van der Waals surface area contributed by atoms with E-state index in [2.05, 4.69) is 16.0 Å². The number of ether oxygens (including phenoxy) is 11. The van der Waals surface area contributed by atoms with Crippen LogP contribution in [0.5, 0.6) is 34.5 Å². The summed E-state index contributed by atoms with van der Waals surface area (Å²) in [6, 6.07) is 20.1. The number of likely N-dealkylation sites (N-methyl/N-ethyl adjacent to an activating group) is 1. The maximum atomic E-state index is 13.8. The summed E-state index contributed by atoms with van der Waals surface area (Å²) in [5.41, 5.74) is 1.44. The number of benzene rings is 4. The molecule has 10 atom stereocenters. The molecule has 0 spiro atoms. The Hall–Kier alpha value is -6.73. The van der Waals surface area contributed by atoms with Crippen LogP contribution in [0, 0.1) is 23.7 Å². The van der Waals surface area contributed by atoms with E-state index in [9.17, 15) is 46.5 Å². The quantitative estimate of drug-likeness (QED) is 0.0548. The second-order valence-electron chi connectivity index (χ2n) is 22.7. The number of hydrogen-bond acceptors (Lipinski definition) is 21. The van der Waals surface area contributed by atoms with E-state index in [1.54, 1.807) is 36.4 Å². The van der Waals surface area contributed by atoms with Crippen LogP contribution < -0.4 is 39.6 Å². The Morgan fingerprint density at radius 3 is 1.44 bits per heavy atom. The van der Waals surface area contributed by atoms with Crippen LogP contribution >= 0.6 is 0 Å². The molecule has 6 N–H and O–H groups in total. The number of sulfonamides is 2. The van der Waals surface area contributed by atoms with Crippen molar-refractivity contribution in [1.29, 1.82) is 0 Å². The molecule has 10 rings (SSSR count). The molecule has 4 saturated heterocycles. The molecule has 4 aromatic rings. The molecule has 28 heteroatoms. The van der Waals surface area contributed by atoms with Crippen molar-refractivity contribution in [3.05, 3.63) is 96.1 Å². The first-order valence-corrected chi connectivity index (χ1v) is 31.8. The average molecular weight is 1260 g/mol. The van der Waals surface area contributed by atoms with Gasteiger partial charge in [-0.05, 0) is 97.2 Å². The summed E-state index contributed by atoms with van der Waals surface area (Å²) < 4.78 is 118. The Kier molecular flexibility index (Phi) is 21.6. The van der Waals surface area contributed by atoms with Crippen molar-refractivity contribution in [3.63, 3.8) is 0 Å². The number of carbonyl (C=O) groups excluding carboxylic acids is 3. The second kappa shape index (κ2) is 29.1. The average Bonchev–Trinajstić information content (AvgIpc) is 4.36. The Balaban J connectivity index is 0.000000209. The number of amides is 3. The van der Waals surface area contributed by atoms with Crippen LogP contribution in [0.2, 0.25) is 0 Å². The lowest BCUT2D eigenvalue weighted by molar-refractivity contribution is -0.122. The summed E-state index contributed by atoms with van der Waals surface area (Å²) in [5.74, 6) is 1.55. The minimum absolute atomic E-state index is 0.000703. The maximum absolute atomic E-state index is 13.8. The smallest absolute Gasteiger partial charge is 0.407 e. The monoisotopic (exact) mass is 1260 g/mol. The number of rotatable bonds is 25. The Labute approximate surface area is 505 Å². The van der Waals surface area contributed by atoms with Crippen LogP contribution in [0.4, 0.5) is 9.59 Å². The number of fused-ring (bicyclic) bond motifs is 4. The van der Waals surface area contributed by atoms with Crippen LogP contribution in [0.15, 0.2) is 94.7 Å². The second-order valence-corrected chi connectivity index (χ2v) is 26.6. The van der Waals surface area contributed by atoms with Gasteiger partial charge in [0.1, 0.15) is 23.7 Å². The van der Waals surface area contributed by atoms with Crippen molar-refractivity contribution in [3.8, 4) is 34.5 Å². The highest BCUT2D eigenvalue weighted by Gasteiger charge is 2.46. The molecule has 3 amide bonds. The lowest BCUT2D eigenvalue weighted by Gasteiger charge is -2.31. The third-order valence-electron chi connectivity index (χ3n) is 15.3. The molecule has 87 heavy (non-hydrogen) atoms. The van der Waals surface area contributed by atoms with Gasteiger partial charge in [0.2, 0.25) is 33.6 Å². The van der Waals surface area contributed by atoms with Gasteiger partial charge in [-0.2, -0.15) is 8.61 Å². The zero-order chi connectivity index (χ0) is 62.0. The lowest BCUT2D eigenvalue weighted by atomic mass is 10.0. The number of phenols is 1. The first-order chi connectivity index (χ1) is 41.6. The van der Waals surface area contributed by atoms with Crippen molar-refractivity contribution in [2.24, 2.45) is 23.7 Å².